The highest BCUT2D eigenvalue weighted by atomic mass is 35.5. The van der Waals surface area contributed by atoms with Gasteiger partial charge in [0.1, 0.15) is 0 Å². The molecule has 1 heterocycles. The molecule has 2 unspecified atom stereocenters. The number of carbonyl (C=O) groups excluding carboxylic acids is 1. The van der Waals surface area contributed by atoms with Gasteiger partial charge < -0.3 is 10.6 Å². The molecule has 3 nitrogen and oxygen atoms in total. The lowest BCUT2D eigenvalue weighted by Gasteiger charge is -2.26. The molecule has 0 radical (unpaired) electrons. The minimum Gasteiger partial charge on any atom is -0.351 e. The standard InChI is InChI=1S/C10H17ClN2O/c1-7-3-9(6-12-4-7)10(14)13-5-8(2)11/h7,9,12H,2-6H2,1H3,(H,13,14). The van der Waals surface area contributed by atoms with E-state index in [-0.39, 0.29) is 11.8 Å². The van der Waals surface area contributed by atoms with Gasteiger partial charge in [-0.05, 0) is 18.9 Å². The van der Waals surface area contributed by atoms with Crippen LogP contribution in [0.3, 0.4) is 0 Å². The van der Waals surface area contributed by atoms with Gasteiger partial charge in [0.05, 0.1) is 12.5 Å². The van der Waals surface area contributed by atoms with Crippen molar-refractivity contribution in [2.24, 2.45) is 11.8 Å². The number of hydrogen-bond donors (Lipinski definition) is 2. The molecule has 1 aliphatic rings. The minimum absolute atomic E-state index is 0.0749. The Balaban J connectivity index is 2.32. The number of halogens is 1. The van der Waals surface area contributed by atoms with Crippen molar-refractivity contribution in [1.82, 2.24) is 10.6 Å². The Hall–Kier alpha value is -0.540. The number of nitrogens with one attached hydrogen (secondary N) is 2. The number of carbonyl (C=O) groups is 1. The number of amides is 1. The molecule has 14 heavy (non-hydrogen) atoms. The van der Waals surface area contributed by atoms with Crippen LogP contribution in [0.15, 0.2) is 11.6 Å². The zero-order valence-corrected chi connectivity index (χ0v) is 9.23. The third kappa shape index (κ3) is 3.68. The summed E-state index contributed by atoms with van der Waals surface area (Å²) in [7, 11) is 0. The summed E-state index contributed by atoms with van der Waals surface area (Å²) < 4.78 is 0. The molecule has 0 saturated carbocycles. The summed E-state index contributed by atoms with van der Waals surface area (Å²) in [5.41, 5.74) is 0. The molecule has 0 bridgehead atoms. The largest absolute Gasteiger partial charge is 0.351 e. The highest BCUT2D eigenvalue weighted by molar-refractivity contribution is 6.29. The predicted molar refractivity (Wildman–Crippen MR) is 58.1 cm³/mol. The summed E-state index contributed by atoms with van der Waals surface area (Å²) in [5.74, 6) is 0.722. The maximum Gasteiger partial charge on any atom is 0.224 e. The third-order valence-electron chi connectivity index (χ3n) is 2.40. The van der Waals surface area contributed by atoms with Crippen LogP contribution in [0.5, 0.6) is 0 Å². The fraction of sp³-hybridized carbons (Fsp3) is 0.700. The van der Waals surface area contributed by atoms with Crippen molar-refractivity contribution < 1.29 is 4.79 Å². The second-order valence-corrected chi connectivity index (χ2v) is 4.47. The Bertz CT molecular complexity index is 230. The van der Waals surface area contributed by atoms with Crippen LogP contribution >= 0.6 is 11.6 Å². The van der Waals surface area contributed by atoms with Gasteiger partial charge in [-0.15, -0.1) is 0 Å². The normalized spacial score (nSPS) is 27.0. The highest BCUT2D eigenvalue weighted by Crippen LogP contribution is 2.15. The molecule has 1 saturated heterocycles. The molecule has 4 heteroatoms. The van der Waals surface area contributed by atoms with E-state index in [4.69, 9.17) is 11.6 Å². The fourth-order valence-electron chi connectivity index (χ4n) is 1.68. The van der Waals surface area contributed by atoms with Crippen molar-refractivity contribution in [3.8, 4) is 0 Å². The second kappa shape index (κ2) is 5.37. The maximum atomic E-state index is 11.6. The van der Waals surface area contributed by atoms with E-state index in [1.807, 2.05) is 0 Å². The topological polar surface area (TPSA) is 41.1 Å². The van der Waals surface area contributed by atoms with Crippen molar-refractivity contribution in [3.63, 3.8) is 0 Å². The van der Waals surface area contributed by atoms with Crippen LogP contribution in [-0.4, -0.2) is 25.5 Å². The van der Waals surface area contributed by atoms with Crippen LogP contribution < -0.4 is 10.6 Å². The molecule has 0 aromatic rings. The Labute approximate surface area is 89.9 Å². The smallest absolute Gasteiger partial charge is 0.224 e. The van der Waals surface area contributed by atoms with Gasteiger partial charge in [-0.2, -0.15) is 0 Å². The summed E-state index contributed by atoms with van der Waals surface area (Å²) >= 11 is 5.56. The first-order valence-corrected chi connectivity index (χ1v) is 5.29. The molecule has 2 atom stereocenters. The zero-order valence-electron chi connectivity index (χ0n) is 8.48. The third-order valence-corrected chi connectivity index (χ3v) is 2.53. The number of rotatable bonds is 3. The maximum absolute atomic E-state index is 11.6. The SMILES string of the molecule is C=C(Cl)CNC(=O)C1CNCC(C)C1. The number of hydrogen-bond acceptors (Lipinski definition) is 2. The van der Waals surface area contributed by atoms with E-state index in [0.717, 1.165) is 19.5 Å². The lowest BCUT2D eigenvalue weighted by atomic mass is 9.91. The summed E-state index contributed by atoms with van der Waals surface area (Å²) in [6, 6.07) is 0. The van der Waals surface area contributed by atoms with E-state index < -0.39 is 0 Å². The molecule has 2 N–H and O–H groups in total. The molecule has 1 amide bonds. The Kier molecular flexibility index (Phi) is 4.42. The van der Waals surface area contributed by atoms with Crippen LogP contribution in [0.2, 0.25) is 0 Å². The van der Waals surface area contributed by atoms with Gasteiger partial charge in [-0.25, -0.2) is 0 Å². The molecular formula is C10H17ClN2O. The molecule has 1 fully saturated rings. The molecule has 1 aliphatic heterocycles. The Morgan fingerprint density at radius 2 is 2.36 bits per heavy atom. The average Bonchev–Trinajstić information content (AvgIpc) is 2.14. The van der Waals surface area contributed by atoms with Gasteiger partial charge in [0.15, 0.2) is 0 Å². The van der Waals surface area contributed by atoms with Crippen LogP contribution in [0.1, 0.15) is 13.3 Å². The molecule has 80 valence electrons. The lowest BCUT2D eigenvalue weighted by Crippen LogP contribution is -2.43. The van der Waals surface area contributed by atoms with Crippen LogP contribution in [-0.2, 0) is 4.79 Å². The summed E-state index contributed by atoms with van der Waals surface area (Å²) in [4.78, 5) is 11.6. The van der Waals surface area contributed by atoms with Crippen LogP contribution in [0.25, 0.3) is 0 Å². The van der Waals surface area contributed by atoms with Crippen molar-refractivity contribution in [3.05, 3.63) is 11.6 Å². The van der Waals surface area contributed by atoms with Gasteiger partial charge >= 0.3 is 0 Å². The molecule has 0 spiro atoms. The molecule has 0 aromatic carbocycles. The molecule has 0 aromatic heterocycles. The molecule has 1 rings (SSSR count). The zero-order chi connectivity index (χ0) is 10.6. The highest BCUT2D eigenvalue weighted by Gasteiger charge is 2.24. The summed E-state index contributed by atoms with van der Waals surface area (Å²) in [5, 5.41) is 6.47. The van der Waals surface area contributed by atoms with Gasteiger partial charge in [0, 0.05) is 11.6 Å². The van der Waals surface area contributed by atoms with E-state index >= 15 is 0 Å². The monoisotopic (exact) mass is 216 g/mol. The Morgan fingerprint density at radius 1 is 1.64 bits per heavy atom. The second-order valence-electron chi connectivity index (χ2n) is 3.93. The van der Waals surface area contributed by atoms with Gasteiger partial charge in [0.25, 0.3) is 0 Å². The van der Waals surface area contributed by atoms with Crippen molar-refractivity contribution >= 4 is 17.5 Å². The summed E-state index contributed by atoms with van der Waals surface area (Å²) in [6.07, 6.45) is 0.952. The molecular weight excluding hydrogens is 200 g/mol. The van der Waals surface area contributed by atoms with Crippen LogP contribution in [0, 0.1) is 11.8 Å². The predicted octanol–water partition coefficient (Wildman–Crippen LogP) is 1.10. The van der Waals surface area contributed by atoms with E-state index in [1.54, 1.807) is 0 Å². The van der Waals surface area contributed by atoms with Crippen molar-refractivity contribution in [2.75, 3.05) is 19.6 Å². The lowest BCUT2D eigenvalue weighted by molar-refractivity contribution is -0.125. The van der Waals surface area contributed by atoms with E-state index in [9.17, 15) is 4.79 Å². The summed E-state index contributed by atoms with van der Waals surface area (Å²) in [6.45, 7) is 7.81. The van der Waals surface area contributed by atoms with Crippen LogP contribution in [0.4, 0.5) is 0 Å². The van der Waals surface area contributed by atoms with Crippen molar-refractivity contribution in [2.45, 2.75) is 13.3 Å². The van der Waals surface area contributed by atoms with Crippen molar-refractivity contribution in [1.29, 1.82) is 0 Å². The first kappa shape index (κ1) is 11.5. The fourth-order valence-corrected chi connectivity index (χ4v) is 1.75. The Morgan fingerprint density at radius 3 is 2.93 bits per heavy atom. The first-order valence-electron chi connectivity index (χ1n) is 4.91. The molecule has 0 aliphatic carbocycles. The van der Waals surface area contributed by atoms with E-state index in [0.29, 0.717) is 17.5 Å². The number of piperidine rings is 1. The quantitative estimate of drug-likeness (QED) is 0.742. The first-order chi connectivity index (χ1) is 6.59. The van der Waals surface area contributed by atoms with Gasteiger partial charge in [0.2, 0.25) is 5.91 Å². The van der Waals surface area contributed by atoms with E-state index in [2.05, 4.69) is 24.1 Å². The minimum atomic E-state index is 0.0749. The van der Waals surface area contributed by atoms with Gasteiger partial charge in [-0.1, -0.05) is 25.1 Å². The van der Waals surface area contributed by atoms with E-state index in [1.165, 1.54) is 0 Å². The van der Waals surface area contributed by atoms with Gasteiger partial charge in [-0.3, -0.25) is 4.79 Å². The average molecular weight is 217 g/mol.